The lowest BCUT2D eigenvalue weighted by Gasteiger charge is -2.24. The molecule has 1 aromatic carbocycles. The molecule has 2 aliphatic heterocycles. The first-order chi connectivity index (χ1) is 9.44. The molecule has 2 heteroatoms. The summed E-state index contributed by atoms with van der Waals surface area (Å²) in [4.78, 5) is 1.39. The van der Waals surface area contributed by atoms with Gasteiger partial charge in [-0.3, -0.25) is 4.90 Å². The van der Waals surface area contributed by atoms with Gasteiger partial charge in [-0.05, 0) is 30.9 Å². The van der Waals surface area contributed by atoms with Crippen molar-refractivity contribution in [1.82, 2.24) is 10.2 Å². The maximum atomic E-state index is 8.39. The molecule has 1 aromatic rings. The highest BCUT2D eigenvalue weighted by Crippen LogP contribution is 2.25. The fourth-order valence-electron chi connectivity index (χ4n) is 2.43. The number of rotatable bonds is 2. The minimum Gasteiger partial charge on any atom is -0.312 e. The fraction of sp³-hybridized carbons (Fsp3) is 0.571. The van der Waals surface area contributed by atoms with Crippen LogP contribution in [0.1, 0.15) is 23.9 Å². The summed E-state index contributed by atoms with van der Waals surface area (Å²) in [5.74, 6) is -0.282. The predicted molar refractivity (Wildman–Crippen MR) is 66.2 cm³/mol. The average Bonchev–Trinajstić information content (AvgIpc) is 2.59. The third-order valence-electron chi connectivity index (χ3n) is 3.26. The molecule has 2 heterocycles. The minimum absolute atomic E-state index is 0.282. The molecule has 2 nitrogen and oxygen atoms in total. The van der Waals surface area contributed by atoms with Crippen LogP contribution in [0.3, 0.4) is 0 Å². The molecule has 3 rings (SSSR count). The van der Waals surface area contributed by atoms with Crippen LogP contribution in [0.5, 0.6) is 0 Å². The summed E-state index contributed by atoms with van der Waals surface area (Å²) in [6.45, 7) is -2.20. The van der Waals surface area contributed by atoms with Crippen molar-refractivity contribution in [3.05, 3.63) is 35.9 Å². The first-order valence-electron chi connectivity index (χ1n) is 7.99. The van der Waals surface area contributed by atoms with E-state index < -0.39 is 19.0 Å². The van der Waals surface area contributed by atoms with Gasteiger partial charge in [-0.25, -0.2) is 0 Å². The Hall–Kier alpha value is -0.860. The Bertz CT molecular complexity index is 453. The van der Waals surface area contributed by atoms with Crippen molar-refractivity contribution in [3.8, 4) is 0 Å². The molecule has 86 valence electrons. The van der Waals surface area contributed by atoms with Crippen molar-refractivity contribution in [2.45, 2.75) is 25.4 Å². The van der Waals surface area contributed by atoms with Crippen LogP contribution < -0.4 is 5.32 Å². The van der Waals surface area contributed by atoms with Crippen LogP contribution >= 0.6 is 0 Å². The van der Waals surface area contributed by atoms with Gasteiger partial charge >= 0.3 is 0 Å². The summed E-state index contributed by atoms with van der Waals surface area (Å²) < 4.78 is 33.5. The molecule has 0 amide bonds. The molecular formula is C14H20N2. The smallest absolute Gasteiger partial charge is 0.0447 e. The molecule has 2 unspecified atom stereocenters. The van der Waals surface area contributed by atoms with Crippen LogP contribution in [-0.4, -0.2) is 30.5 Å². The van der Waals surface area contributed by atoms with Crippen LogP contribution in [0.4, 0.5) is 0 Å². The van der Waals surface area contributed by atoms with Gasteiger partial charge in [0, 0.05) is 31.1 Å². The van der Waals surface area contributed by atoms with Crippen molar-refractivity contribution in [3.63, 3.8) is 0 Å². The van der Waals surface area contributed by atoms with E-state index >= 15 is 0 Å². The lowest BCUT2D eigenvalue weighted by molar-refractivity contribution is 0.312. The third-order valence-corrected chi connectivity index (χ3v) is 3.26. The Labute approximate surface area is 103 Å². The first kappa shape index (κ1) is 6.77. The lowest BCUT2D eigenvalue weighted by Crippen LogP contribution is -2.40. The Kier molecular flexibility index (Phi) is 1.93. The van der Waals surface area contributed by atoms with Gasteiger partial charge in [0.25, 0.3) is 0 Å². The van der Waals surface area contributed by atoms with Gasteiger partial charge in [-0.15, -0.1) is 0 Å². The van der Waals surface area contributed by atoms with Gasteiger partial charge in [-0.2, -0.15) is 0 Å². The summed E-state index contributed by atoms with van der Waals surface area (Å²) in [5.41, 5.74) is 0.943. The number of hydrogen-bond acceptors (Lipinski definition) is 2. The molecule has 2 fully saturated rings. The Morgan fingerprint density at radius 3 is 3.00 bits per heavy atom. The summed E-state index contributed by atoms with van der Waals surface area (Å²) >= 11 is 0. The number of fused-ring (bicyclic) bond motifs is 1. The minimum atomic E-state index is -1.66. The molecule has 2 aliphatic rings. The quantitative estimate of drug-likeness (QED) is 0.818. The van der Waals surface area contributed by atoms with Gasteiger partial charge in [0.05, 0.1) is 0 Å². The zero-order chi connectivity index (χ0) is 14.4. The van der Waals surface area contributed by atoms with E-state index in [4.69, 9.17) is 5.48 Å². The maximum absolute atomic E-state index is 8.39. The predicted octanol–water partition coefficient (Wildman–Crippen LogP) is 1.87. The van der Waals surface area contributed by atoms with E-state index in [2.05, 4.69) is 5.32 Å². The number of hydrogen-bond donors (Lipinski definition) is 1. The van der Waals surface area contributed by atoms with Crippen LogP contribution in [0.25, 0.3) is 0 Å². The lowest BCUT2D eigenvalue weighted by atomic mass is 9.94. The second-order valence-electron chi connectivity index (χ2n) is 4.51. The zero-order valence-electron chi connectivity index (χ0n) is 13.3. The van der Waals surface area contributed by atoms with Gasteiger partial charge < -0.3 is 5.32 Å². The number of piperidine rings is 1. The molecule has 16 heavy (non-hydrogen) atoms. The van der Waals surface area contributed by atoms with E-state index in [1.807, 2.05) is 30.3 Å². The molecule has 0 saturated carbocycles. The van der Waals surface area contributed by atoms with Crippen molar-refractivity contribution >= 4 is 0 Å². The van der Waals surface area contributed by atoms with Crippen LogP contribution in [0.15, 0.2) is 30.3 Å². The summed E-state index contributed by atoms with van der Waals surface area (Å²) in [5, 5.41) is 3.19. The van der Waals surface area contributed by atoms with Gasteiger partial charge in [-0.1, -0.05) is 30.3 Å². The fourth-order valence-corrected chi connectivity index (χ4v) is 2.43. The van der Waals surface area contributed by atoms with E-state index in [9.17, 15) is 0 Å². The molecule has 0 spiro atoms. The average molecular weight is 220 g/mol. The van der Waals surface area contributed by atoms with Crippen molar-refractivity contribution in [2.75, 3.05) is 19.5 Å². The molecule has 1 N–H and O–H groups in total. The van der Waals surface area contributed by atoms with E-state index in [1.54, 1.807) is 0 Å². The maximum Gasteiger partial charge on any atom is 0.0447 e. The summed E-state index contributed by atoms with van der Waals surface area (Å²) in [6.07, 6.45) is 1.66. The highest BCUT2D eigenvalue weighted by molar-refractivity contribution is 5.15. The molecule has 0 aliphatic carbocycles. The SMILES string of the molecule is [2H]C1([2H])C2CCCNC2C([2H])([2H])N1Cc1ccccc1. The molecule has 2 atom stereocenters. The second-order valence-corrected chi connectivity index (χ2v) is 4.51. The summed E-state index contributed by atoms with van der Waals surface area (Å²) in [6, 6.07) is 9.14. The van der Waals surface area contributed by atoms with Crippen molar-refractivity contribution in [2.24, 2.45) is 5.92 Å². The van der Waals surface area contributed by atoms with E-state index in [0.717, 1.165) is 24.9 Å². The van der Waals surface area contributed by atoms with E-state index in [0.29, 0.717) is 6.54 Å². The van der Waals surface area contributed by atoms with Gasteiger partial charge in [0.1, 0.15) is 0 Å². The molecule has 0 aromatic heterocycles. The van der Waals surface area contributed by atoms with Gasteiger partial charge in [0.2, 0.25) is 0 Å². The van der Waals surface area contributed by atoms with Crippen LogP contribution in [0.2, 0.25) is 0 Å². The Morgan fingerprint density at radius 1 is 1.31 bits per heavy atom. The molecular weight excluding hydrogens is 196 g/mol. The molecule has 0 bridgehead atoms. The molecule has 0 radical (unpaired) electrons. The van der Waals surface area contributed by atoms with E-state index in [1.165, 1.54) is 4.90 Å². The number of benzene rings is 1. The standard InChI is InChI=1S/C14H20N2/c1-2-5-12(6-3-1)9-16-10-13-7-4-8-15-14(13)11-16/h1-3,5-6,13-15H,4,7-11H2/i10D2,11D2. The van der Waals surface area contributed by atoms with Crippen LogP contribution in [-0.2, 0) is 6.54 Å². The topological polar surface area (TPSA) is 15.3 Å². The van der Waals surface area contributed by atoms with Gasteiger partial charge in [0.15, 0.2) is 0 Å². The number of nitrogens with zero attached hydrogens (tertiary/aromatic N) is 1. The van der Waals surface area contributed by atoms with Crippen LogP contribution in [0, 0.1) is 5.92 Å². The Balaban J connectivity index is 1.92. The van der Waals surface area contributed by atoms with Crippen molar-refractivity contribution < 1.29 is 5.48 Å². The van der Waals surface area contributed by atoms with E-state index in [-0.39, 0.29) is 5.92 Å². The normalized spacial score (nSPS) is 40.2. The zero-order valence-corrected chi connectivity index (χ0v) is 9.32. The largest absolute Gasteiger partial charge is 0.312 e. The highest BCUT2D eigenvalue weighted by atomic mass is 15.2. The first-order valence-corrected chi connectivity index (χ1v) is 5.99. The number of nitrogens with one attached hydrogen (secondary N) is 1. The summed E-state index contributed by atoms with van der Waals surface area (Å²) in [7, 11) is 0. The monoisotopic (exact) mass is 220 g/mol. The Morgan fingerprint density at radius 2 is 2.19 bits per heavy atom. The number of likely N-dealkylation sites (tertiary alicyclic amines) is 1. The third kappa shape index (κ3) is 2.13. The highest BCUT2D eigenvalue weighted by Gasteiger charge is 2.33. The van der Waals surface area contributed by atoms with Crippen molar-refractivity contribution in [1.29, 1.82) is 0 Å². The molecule has 2 saturated heterocycles. The second kappa shape index (κ2) is 4.56.